The minimum atomic E-state index is -0.0410. The maximum atomic E-state index is 12.0. The van der Waals surface area contributed by atoms with Gasteiger partial charge in [-0.2, -0.15) is 0 Å². The van der Waals surface area contributed by atoms with Crippen LogP contribution in [0.25, 0.3) is 0 Å². The summed E-state index contributed by atoms with van der Waals surface area (Å²) >= 11 is 7.67. The predicted octanol–water partition coefficient (Wildman–Crippen LogP) is 1.44. The van der Waals surface area contributed by atoms with Gasteiger partial charge in [-0.05, 0) is 31.3 Å². The molecule has 23 heavy (non-hydrogen) atoms. The zero-order chi connectivity index (χ0) is 16.2. The first kappa shape index (κ1) is 17.0. The maximum absolute atomic E-state index is 12.0. The van der Waals surface area contributed by atoms with E-state index in [0.717, 1.165) is 37.0 Å². The van der Waals surface area contributed by atoms with Crippen molar-refractivity contribution in [3.05, 3.63) is 29.3 Å². The molecule has 2 unspecified atom stereocenters. The standard InChI is InChI=1S/C16H23ClN4OS/c1-20-6-8-21(9-7-20)16-18-13(10-15(22)19-16)11-23-14-4-2-12(17)3-5-14/h2-5,13,16,18H,6-11H2,1H3,(H,19,22). The lowest BCUT2D eigenvalue weighted by Gasteiger charge is -2.42. The molecule has 1 aromatic rings. The molecule has 2 heterocycles. The normalized spacial score (nSPS) is 27.0. The number of nitrogens with zero attached hydrogens (tertiary/aromatic N) is 2. The topological polar surface area (TPSA) is 47.6 Å². The number of carbonyl (C=O) groups excluding carboxylic acids is 1. The summed E-state index contributed by atoms with van der Waals surface area (Å²) in [5, 5.41) is 7.40. The van der Waals surface area contributed by atoms with Crippen molar-refractivity contribution in [1.82, 2.24) is 20.4 Å². The van der Waals surface area contributed by atoms with Crippen LogP contribution < -0.4 is 10.6 Å². The van der Waals surface area contributed by atoms with Crippen LogP contribution in [-0.4, -0.2) is 67.0 Å². The SMILES string of the molecule is CN1CCN(C2NC(=O)CC(CSc3ccc(Cl)cc3)N2)CC1. The number of nitrogens with one attached hydrogen (secondary N) is 2. The zero-order valence-corrected chi connectivity index (χ0v) is 14.9. The summed E-state index contributed by atoms with van der Waals surface area (Å²) < 4.78 is 0. The third-order valence-corrected chi connectivity index (χ3v) is 5.72. The van der Waals surface area contributed by atoms with Crippen LogP contribution in [0.15, 0.2) is 29.2 Å². The fourth-order valence-electron chi connectivity index (χ4n) is 2.87. The second-order valence-corrected chi connectivity index (χ2v) is 7.67. The van der Waals surface area contributed by atoms with Gasteiger partial charge >= 0.3 is 0 Å². The summed E-state index contributed by atoms with van der Waals surface area (Å²) in [5.74, 6) is 1.01. The highest BCUT2D eigenvalue weighted by molar-refractivity contribution is 7.99. The monoisotopic (exact) mass is 354 g/mol. The molecular weight excluding hydrogens is 332 g/mol. The minimum absolute atomic E-state index is 0.0410. The molecule has 2 N–H and O–H groups in total. The Kier molecular flexibility index (Phi) is 5.82. The summed E-state index contributed by atoms with van der Waals surface area (Å²) in [6, 6.07) is 8.03. The van der Waals surface area contributed by atoms with Gasteiger partial charge in [-0.25, -0.2) is 0 Å². The molecule has 126 valence electrons. The fourth-order valence-corrected chi connectivity index (χ4v) is 3.93. The molecule has 2 aliphatic heterocycles. The van der Waals surface area contributed by atoms with Crippen LogP contribution in [0.1, 0.15) is 6.42 Å². The highest BCUT2D eigenvalue weighted by Gasteiger charge is 2.30. The minimum Gasteiger partial charge on any atom is -0.328 e. The molecular formula is C16H23ClN4OS. The average Bonchev–Trinajstić information content (AvgIpc) is 2.54. The third kappa shape index (κ3) is 4.84. The van der Waals surface area contributed by atoms with Gasteiger partial charge in [0, 0.05) is 54.3 Å². The van der Waals surface area contributed by atoms with Crippen LogP contribution in [0.4, 0.5) is 0 Å². The summed E-state index contributed by atoms with van der Waals surface area (Å²) in [6.45, 7) is 4.04. The van der Waals surface area contributed by atoms with E-state index >= 15 is 0 Å². The van der Waals surface area contributed by atoms with Gasteiger partial charge in [-0.1, -0.05) is 11.6 Å². The average molecular weight is 355 g/mol. The number of hydrogen-bond acceptors (Lipinski definition) is 5. The second kappa shape index (κ2) is 7.85. The molecule has 7 heteroatoms. The Morgan fingerprint density at radius 2 is 1.91 bits per heavy atom. The number of piperazine rings is 1. The number of amides is 1. The highest BCUT2D eigenvalue weighted by Crippen LogP contribution is 2.22. The molecule has 2 fully saturated rings. The Morgan fingerprint density at radius 3 is 2.61 bits per heavy atom. The van der Waals surface area contributed by atoms with E-state index in [1.165, 1.54) is 4.90 Å². The summed E-state index contributed by atoms with van der Waals surface area (Å²) in [4.78, 5) is 17.8. The van der Waals surface area contributed by atoms with Crippen molar-refractivity contribution in [2.75, 3.05) is 39.0 Å². The number of halogens is 1. The number of carbonyl (C=O) groups is 1. The van der Waals surface area contributed by atoms with Gasteiger partial charge in [0.05, 0.1) is 0 Å². The van der Waals surface area contributed by atoms with Crippen molar-refractivity contribution in [3.63, 3.8) is 0 Å². The van der Waals surface area contributed by atoms with Crippen LogP contribution in [0.2, 0.25) is 5.02 Å². The Morgan fingerprint density at radius 1 is 1.22 bits per heavy atom. The first-order chi connectivity index (χ1) is 11.1. The van der Waals surface area contributed by atoms with E-state index in [2.05, 4.69) is 27.5 Å². The third-order valence-electron chi connectivity index (χ3n) is 4.29. The molecule has 0 aromatic heterocycles. The van der Waals surface area contributed by atoms with Crippen molar-refractivity contribution >= 4 is 29.3 Å². The molecule has 2 atom stereocenters. The van der Waals surface area contributed by atoms with Gasteiger partial charge < -0.3 is 10.2 Å². The first-order valence-corrected chi connectivity index (χ1v) is 9.33. The van der Waals surface area contributed by atoms with Gasteiger partial charge in [0.25, 0.3) is 0 Å². The van der Waals surface area contributed by atoms with Gasteiger partial charge in [-0.15, -0.1) is 11.8 Å². The van der Waals surface area contributed by atoms with Gasteiger partial charge in [-0.3, -0.25) is 15.0 Å². The van der Waals surface area contributed by atoms with E-state index in [1.807, 2.05) is 24.3 Å². The molecule has 1 amide bonds. The van der Waals surface area contributed by atoms with Gasteiger partial charge in [0.15, 0.2) is 0 Å². The highest BCUT2D eigenvalue weighted by atomic mass is 35.5. The zero-order valence-electron chi connectivity index (χ0n) is 13.3. The molecule has 2 saturated heterocycles. The molecule has 2 aliphatic rings. The van der Waals surface area contributed by atoms with Crippen molar-refractivity contribution in [2.45, 2.75) is 23.6 Å². The largest absolute Gasteiger partial charge is 0.328 e. The van der Waals surface area contributed by atoms with Crippen molar-refractivity contribution in [2.24, 2.45) is 0 Å². The number of benzene rings is 1. The molecule has 0 bridgehead atoms. The lowest BCUT2D eigenvalue weighted by Crippen LogP contribution is -2.66. The van der Waals surface area contributed by atoms with Crippen molar-refractivity contribution < 1.29 is 4.79 Å². The van der Waals surface area contributed by atoms with E-state index in [0.29, 0.717) is 6.42 Å². The Balaban J connectivity index is 1.53. The molecule has 5 nitrogen and oxygen atoms in total. The van der Waals surface area contributed by atoms with E-state index in [-0.39, 0.29) is 18.2 Å². The molecule has 1 aromatic carbocycles. The molecule has 0 aliphatic carbocycles. The number of likely N-dealkylation sites (N-methyl/N-ethyl adjacent to an activating group) is 1. The lowest BCUT2D eigenvalue weighted by molar-refractivity contribution is -0.127. The summed E-state index contributed by atoms with van der Waals surface area (Å²) in [6.07, 6.45) is 0.492. The van der Waals surface area contributed by atoms with Gasteiger partial charge in [0.2, 0.25) is 5.91 Å². The predicted molar refractivity (Wildman–Crippen MR) is 94.7 cm³/mol. The van der Waals surface area contributed by atoms with Crippen molar-refractivity contribution in [1.29, 1.82) is 0 Å². The Bertz CT molecular complexity index is 533. The maximum Gasteiger partial charge on any atom is 0.223 e. The van der Waals surface area contributed by atoms with E-state index in [4.69, 9.17) is 11.6 Å². The molecule has 0 saturated carbocycles. The van der Waals surface area contributed by atoms with E-state index in [1.54, 1.807) is 11.8 Å². The molecule has 0 spiro atoms. The Hall–Kier alpha value is -0.790. The molecule has 3 rings (SSSR count). The lowest BCUT2D eigenvalue weighted by atomic mass is 10.2. The van der Waals surface area contributed by atoms with Crippen molar-refractivity contribution in [3.8, 4) is 0 Å². The summed E-state index contributed by atoms with van der Waals surface area (Å²) in [5.41, 5.74) is 0. The Labute approximate surface area is 146 Å². The fraction of sp³-hybridized carbons (Fsp3) is 0.562. The number of rotatable bonds is 4. The smallest absolute Gasteiger partial charge is 0.223 e. The van der Waals surface area contributed by atoms with Crippen LogP contribution in [-0.2, 0) is 4.79 Å². The molecule has 0 radical (unpaired) electrons. The van der Waals surface area contributed by atoms with E-state index < -0.39 is 0 Å². The van der Waals surface area contributed by atoms with Gasteiger partial charge in [0.1, 0.15) is 6.29 Å². The summed E-state index contributed by atoms with van der Waals surface area (Å²) in [7, 11) is 2.13. The second-order valence-electron chi connectivity index (χ2n) is 6.14. The number of thioether (sulfide) groups is 1. The first-order valence-electron chi connectivity index (χ1n) is 7.96. The van der Waals surface area contributed by atoms with Crippen LogP contribution in [0, 0.1) is 0 Å². The van der Waals surface area contributed by atoms with Crippen LogP contribution >= 0.6 is 23.4 Å². The van der Waals surface area contributed by atoms with Crippen LogP contribution in [0.5, 0.6) is 0 Å². The number of hydrogen-bond donors (Lipinski definition) is 2. The quantitative estimate of drug-likeness (QED) is 0.801. The van der Waals surface area contributed by atoms with Crippen LogP contribution in [0.3, 0.4) is 0 Å². The van der Waals surface area contributed by atoms with E-state index in [9.17, 15) is 4.79 Å².